The van der Waals surface area contributed by atoms with E-state index in [0.29, 0.717) is 12.3 Å². The number of nitrogens with zero attached hydrogens (tertiary/aromatic N) is 2. The third-order valence-corrected chi connectivity index (χ3v) is 8.48. The van der Waals surface area contributed by atoms with E-state index in [1.807, 2.05) is 60.7 Å². The van der Waals surface area contributed by atoms with Crippen LogP contribution in [0.3, 0.4) is 0 Å². The Morgan fingerprint density at radius 1 is 1.14 bits per heavy atom. The fourth-order valence-corrected chi connectivity index (χ4v) is 6.67. The summed E-state index contributed by atoms with van der Waals surface area (Å²) < 4.78 is 6.61. The molecule has 0 fully saturated rings. The minimum absolute atomic E-state index is 0.0909. The van der Waals surface area contributed by atoms with Gasteiger partial charge in [0.2, 0.25) is 0 Å². The first-order chi connectivity index (χ1) is 17.1. The highest BCUT2D eigenvalue weighted by molar-refractivity contribution is 7.19. The topological polar surface area (TPSA) is 54.3 Å². The lowest BCUT2D eigenvalue weighted by Crippen LogP contribution is -2.46. The molecule has 0 bridgehead atoms. The number of rotatable bonds is 5. The van der Waals surface area contributed by atoms with Gasteiger partial charge in [-0.2, -0.15) is 0 Å². The number of oxime groups is 1. The first-order valence-electron chi connectivity index (χ1n) is 11.3. The van der Waals surface area contributed by atoms with Gasteiger partial charge < -0.3 is 14.7 Å². The first kappa shape index (κ1) is 22.2. The van der Waals surface area contributed by atoms with E-state index < -0.39 is 0 Å². The Kier molecular flexibility index (Phi) is 5.52. The number of thiophene rings is 1. The summed E-state index contributed by atoms with van der Waals surface area (Å²) in [6.45, 7) is 4.71. The van der Waals surface area contributed by atoms with Crippen LogP contribution in [-0.2, 0) is 11.4 Å². The molecular formula is C28H23ClN2O3S. The van der Waals surface area contributed by atoms with E-state index >= 15 is 0 Å². The maximum atomic E-state index is 10.7. The molecule has 5 nitrogen and oxygen atoms in total. The number of aromatic hydroxyl groups is 1. The van der Waals surface area contributed by atoms with Crippen molar-refractivity contribution < 1.29 is 14.7 Å². The molecule has 3 aromatic carbocycles. The number of fused-ring (bicyclic) bond motifs is 4. The molecule has 6 rings (SSSR count). The summed E-state index contributed by atoms with van der Waals surface area (Å²) in [5.74, 6) is 0.313. The second-order valence-electron chi connectivity index (χ2n) is 8.66. The van der Waals surface area contributed by atoms with Crippen molar-refractivity contribution >= 4 is 38.7 Å². The van der Waals surface area contributed by atoms with Gasteiger partial charge in [0.1, 0.15) is 0 Å². The third-order valence-electron chi connectivity index (χ3n) is 6.78. The molecule has 176 valence electrons. The fraction of sp³-hybridized carbons (Fsp3) is 0.179. The highest BCUT2D eigenvalue weighted by Crippen LogP contribution is 2.50. The first-order valence-corrected chi connectivity index (χ1v) is 12.5. The smallest absolute Gasteiger partial charge is 0.194 e. The predicted octanol–water partition coefficient (Wildman–Crippen LogP) is 6.86. The summed E-state index contributed by atoms with van der Waals surface area (Å²) in [6.07, 6.45) is 1.52. The van der Waals surface area contributed by atoms with Gasteiger partial charge in [-0.15, -0.1) is 17.9 Å². The van der Waals surface area contributed by atoms with Gasteiger partial charge in [0.05, 0.1) is 29.8 Å². The summed E-state index contributed by atoms with van der Waals surface area (Å²) in [7, 11) is 1.56. The number of benzene rings is 3. The quantitative estimate of drug-likeness (QED) is 0.303. The molecule has 2 aliphatic heterocycles. The van der Waals surface area contributed by atoms with Gasteiger partial charge in [-0.3, -0.25) is 0 Å². The number of phenolic OH excluding ortho intramolecular Hbond substituents is 1. The van der Waals surface area contributed by atoms with Crippen LogP contribution in [0.1, 0.15) is 33.5 Å². The van der Waals surface area contributed by atoms with Crippen LogP contribution in [0.2, 0.25) is 5.02 Å². The normalized spacial score (nSPS) is 21.2. The molecule has 0 saturated carbocycles. The van der Waals surface area contributed by atoms with E-state index in [0.717, 1.165) is 42.4 Å². The van der Waals surface area contributed by atoms with Crippen LogP contribution in [0.15, 0.2) is 84.5 Å². The van der Waals surface area contributed by atoms with E-state index in [-0.39, 0.29) is 23.9 Å². The number of methoxy groups -OCH3 is 1. The van der Waals surface area contributed by atoms with E-state index in [4.69, 9.17) is 21.2 Å². The van der Waals surface area contributed by atoms with Gasteiger partial charge in [-0.25, -0.2) is 4.90 Å². The van der Waals surface area contributed by atoms with Crippen LogP contribution in [0.25, 0.3) is 10.1 Å². The molecule has 0 unspecified atom stereocenters. The summed E-state index contributed by atoms with van der Waals surface area (Å²) in [5.41, 5.74) is 3.77. The molecule has 3 heterocycles. The summed E-state index contributed by atoms with van der Waals surface area (Å²) in [4.78, 5) is 9.43. The molecule has 7 heteroatoms. The molecule has 0 radical (unpaired) electrons. The predicted molar refractivity (Wildman–Crippen MR) is 141 cm³/mol. The van der Waals surface area contributed by atoms with E-state index in [2.05, 4.69) is 22.7 Å². The van der Waals surface area contributed by atoms with Gasteiger partial charge in [-0.1, -0.05) is 71.4 Å². The lowest BCUT2D eigenvalue weighted by molar-refractivity contribution is -0.0714. The van der Waals surface area contributed by atoms with Crippen LogP contribution >= 0.6 is 22.9 Å². The molecule has 4 aromatic rings. The van der Waals surface area contributed by atoms with E-state index in [1.165, 1.54) is 0 Å². The van der Waals surface area contributed by atoms with Crippen molar-refractivity contribution in [1.29, 1.82) is 0 Å². The molecule has 35 heavy (non-hydrogen) atoms. The van der Waals surface area contributed by atoms with Crippen molar-refractivity contribution in [3.05, 3.63) is 106 Å². The Labute approximate surface area is 212 Å². The average molecular weight is 503 g/mol. The number of hydrogen-bond acceptors (Lipinski definition) is 6. The van der Waals surface area contributed by atoms with Crippen molar-refractivity contribution in [2.75, 3.05) is 7.11 Å². The number of phenols is 1. The Balaban J connectivity index is 1.50. The fourth-order valence-electron chi connectivity index (χ4n) is 5.17. The van der Waals surface area contributed by atoms with Crippen LogP contribution in [0.4, 0.5) is 0 Å². The molecule has 1 aromatic heterocycles. The minimum atomic E-state index is -0.380. The van der Waals surface area contributed by atoms with Gasteiger partial charge in [0.25, 0.3) is 0 Å². The molecular weight excluding hydrogens is 480 g/mol. The minimum Gasteiger partial charge on any atom is -0.504 e. The Bertz CT molecular complexity index is 1470. The Morgan fingerprint density at radius 2 is 1.91 bits per heavy atom. The number of hydrogen-bond donors (Lipinski definition) is 1. The Hall–Kier alpha value is -3.32. The van der Waals surface area contributed by atoms with E-state index in [9.17, 15) is 5.11 Å². The van der Waals surface area contributed by atoms with Crippen LogP contribution in [0.5, 0.6) is 11.5 Å². The van der Waals surface area contributed by atoms with Gasteiger partial charge in [0.15, 0.2) is 17.7 Å². The van der Waals surface area contributed by atoms with Gasteiger partial charge in [0, 0.05) is 27.1 Å². The van der Waals surface area contributed by atoms with E-state index in [1.54, 1.807) is 24.5 Å². The molecule has 0 amide bonds. The lowest BCUT2D eigenvalue weighted by atomic mass is 9.79. The zero-order chi connectivity index (χ0) is 24.1. The SMILES string of the molecule is C=C[C@@H]1c2cc(OC)c(O)cc2[C@H]2C(c3ccccc3)=NO[C@H]2N1Cc1sc2ccccc2c1Cl. The maximum Gasteiger partial charge on any atom is 0.194 e. The lowest BCUT2D eigenvalue weighted by Gasteiger charge is -2.42. The van der Waals surface area contributed by atoms with Crippen molar-refractivity contribution in [3.63, 3.8) is 0 Å². The molecule has 3 atom stereocenters. The molecule has 0 saturated heterocycles. The molecule has 0 aliphatic carbocycles. The van der Waals surface area contributed by atoms with Crippen LogP contribution in [-0.4, -0.2) is 29.1 Å². The number of ether oxygens (including phenoxy) is 1. The largest absolute Gasteiger partial charge is 0.504 e. The second kappa shape index (κ2) is 8.72. The molecule has 2 aliphatic rings. The maximum absolute atomic E-state index is 10.7. The van der Waals surface area contributed by atoms with Crippen LogP contribution < -0.4 is 4.74 Å². The summed E-state index contributed by atoms with van der Waals surface area (Å²) in [5, 5.41) is 17.0. The standard InChI is InChI=1S/C28H23ClN2O3S/c1-3-20-18-14-22(33-2)21(32)13-19(18)25-27(16-9-5-4-6-10-16)30-34-28(25)31(20)15-24-26(29)17-11-7-8-12-23(17)35-24/h3-14,20,25,28,32H,1,15H2,2H3/t20-,25+,28-/m1/s1. The molecule has 0 spiro atoms. The number of halogens is 1. The van der Waals surface area contributed by atoms with Crippen molar-refractivity contribution in [2.45, 2.75) is 24.7 Å². The van der Waals surface area contributed by atoms with Crippen molar-refractivity contribution in [1.82, 2.24) is 4.90 Å². The van der Waals surface area contributed by atoms with Gasteiger partial charge >= 0.3 is 0 Å². The van der Waals surface area contributed by atoms with Crippen LogP contribution in [0, 0.1) is 0 Å². The summed E-state index contributed by atoms with van der Waals surface area (Å²) >= 11 is 8.53. The zero-order valence-corrected chi connectivity index (χ0v) is 20.6. The van der Waals surface area contributed by atoms with Crippen molar-refractivity contribution in [2.24, 2.45) is 5.16 Å². The zero-order valence-electron chi connectivity index (χ0n) is 19.0. The molecule has 1 N–H and O–H groups in total. The highest BCUT2D eigenvalue weighted by Gasteiger charge is 2.48. The van der Waals surface area contributed by atoms with Gasteiger partial charge in [-0.05, 0) is 29.3 Å². The monoisotopic (exact) mass is 502 g/mol. The second-order valence-corrected chi connectivity index (χ2v) is 10.2. The average Bonchev–Trinajstić information content (AvgIpc) is 3.47. The Morgan fingerprint density at radius 3 is 2.66 bits per heavy atom. The van der Waals surface area contributed by atoms with Crippen molar-refractivity contribution in [3.8, 4) is 11.5 Å². The highest BCUT2D eigenvalue weighted by atomic mass is 35.5. The summed E-state index contributed by atoms with van der Waals surface area (Å²) in [6, 6.07) is 21.7. The third kappa shape index (κ3) is 3.52.